The monoisotopic (exact) mass is 2040 g/mol. The minimum absolute atomic E-state index is 0.00812. The fourth-order valence-corrected chi connectivity index (χ4v) is 14.7. The van der Waals surface area contributed by atoms with Crippen molar-refractivity contribution >= 4 is 83.2 Å². The summed E-state index contributed by atoms with van der Waals surface area (Å²) in [6.07, 6.45) is 20.6. The van der Waals surface area contributed by atoms with Gasteiger partial charge in [-0.3, -0.25) is 33.4 Å². The highest BCUT2D eigenvalue weighted by atomic mass is 16.6. The van der Waals surface area contributed by atoms with Crippen molar-refractivity contribution < 1.29 is 114 Å². The molecule has 5 rings (SSSR count). The van der Waals surface area contributed by atoms with Gasteiger partial charge in [-0.1, -0.05) is 183 Å². The molecule has 1 aromatic heterocycles. The number of carbonyl (C=O) groups is 14. The molecule has 0 aliphatic rings. The van der Waals surface area contributed by atoms with Crippen molar-refractivity contribution in [1.82, 2.24) is 46.9 Å². The average molecular weight is 2040 g/mol. The standard InChI is InChI=1S/C55H82N6O12.C31H39NO5.C24H43N5O7/c1-53(2,3)71-47(63)31-30-45(51(67)73-55(7,8)9)58-52(68)57-44(50(66)72-54(4,5)6)29-21-22-32-61-37-42(59-60-61)38-70-33-23-13-11-12-20-28-43(62)36-41(34-39-24-16-14-17-25-39)48(64)56-46(49(65)69-10)35-40-26-18-15-19-27-40;1-3-20-37-21-14-6-4-5-13-19-28(33)24-27(22-25-15-9-7-10-16-25)30(34)32-29(31(35)36-2)23-26-17-11-8-12-18-26;1-22(2,3)34-18(30)14-13-17(20(32)36-24(7,8)9)28-21(33)27-16(12-10-11-15-26-29-25)19(31)35-23(4,5)6/h14-19,24-27,37,41,44-46H,11-13,20-23,28-36,38H2,1-10H3,(H,56,64)(H2,57,58,68);1,7-12,15-18,27,29H,4-6,13-14,19-24H2,2H3,(H,32,34);16-17H,10-15H2,1-9H3,(H2,27,28,33)/t41-,44+,45+,46+;27?,29-;/m10./s1. The number of ether oxygens (including phenoxy) is 10. The van der Waals surface area contributed by atoms with Gasteiger partial charge in [0.05, 0.1) is 27.0 Å². The first-order valence-corrected chi connectivity index (χ1v) is 50.7. The van der Waals surface area contributed by atoms with Crippen LogP contribution in [-0.2, 0) is 144 Å². The molecule has 808 valence electrons. The van der Waals surface area contributed by atoms with E-state index in [2.05, 4.69) is 58.2 Å². The Bertz CT molecular complexity index is 4870. The van der Waals surface area contributed by atoms with E-state index >= 15 is 0 Å². The zero-order valence-corrected chi connectivity index (χ0v) is 89.8. The maximum Gasteiger partial charge on any atom is 0.329 e. The summed E-state index contributed by atoms with van der Waals surface area (Å²) in [6, 6.07) is 30.4. The van der Waals surface area contributed by atoms with Gasteiger partial charge in [0.2, 0.25) is 11.8 Å². The lowest BCUT2D eigenvalue weighted by molar-refractivity contribution is -0.160. The molecule has 4 aromatic carbocycles. The van der Waals surface area contributed by atoms with Crippen LogP contribution in [0.1, 0.15) is 307 Å². The number of Topliss-reactive ketones (excluding diaryl/α,β-unsaturated/α-hetero) is 2. The molecule has 0 aliphatic carbocycles. The van der Waals surface area contributed by atoms with Crippen molar-refractivity contribution in [2.45, 2.75) is 387 Å². The van der Waals surface area contributed by atoms with Crippen LogP contribution >= 0.6 is 0 Å². The van der Waals surface area contributed by atoms with E-state index in [-0.39, 0.29) is 87.7 Å². The number of amides is 6. The smallest absolute Gasteiger partial charge is 0.329 e. The molecule has 146 heavy (non-hydrogen) atoms. The van der Waals surface area contributed by atoms with Crippen LogP contribution < -0.4 is 31.9 Å². The lowest BCUT2D eigenvalue weighted by Crippen LogP contribution is -2.53. The van der Waals surface area contributed by atoms with Gasteiger partial charge in [-0.15, -0.1) is 11.5 Å². The summed E-state index contributed by atoms with van der Waals surface area (Å²) in [7, 11) is 2.60. The number of nitrogens with zero attached hydrogens (tertiary/aromatic N) is 6. The Balaban J connectivity index is 0.000000627. The maximum atomic E-state index is 13.6. The van der Waals surface area contributed by atoms with Gasteiger partial charge in [0.1, 0.15) is 93.7 Å². The zero-order valence-electron chi connectivity index (χ0n) is 89.8. The molecule has 3 unspecified atom stereocenters. The number of ketones is 2. The number of hydrogen-bond donors (Lipinski definition) is 6. The first-order chi connectivity index (χ1) is 68.7. The van der Waals surface area contributed by atoms with Gasteiger partial charge >= 0.3 is 59.8 Å². The Morgan fingerprint density at radius 1 is 0.377 bits per heavy atom. The summed E-state index contributed by atoms with van der Waals surface area (Å²) in [5.74, 6) is -4.16. The van der Waals surface area contributed by atoms with Crippen LogP contribution in [0.3, 0.4) is 0 Å². The van der Waals surface area contributed by atoms with Gasteiger partial charge in [-0.25, -0.2) is 38.4 Å². The number of aromatic nitrogens is 3. The van der Waals surface area contributed by atoms with Crippen LogP contribution in [0.25, 0.3) is 10.4 Å². The summed E-state index contributed by atoms with van der Waals surface area (Å²) < 4.78 is 55.3. The SMILES string of the molecule is C#CCOCCCCCCCC(=O)CC(Cc1ccccc1)C(=O)N[C@@H](Cc1ccccc1)C(=O)OC.CC(C)(C)OC(=O)CCC(NC(=O)NC(CCCCN=[N+]=[N-])C(=O)OC(C)(C)C)C(=O)OC(C)(C)C.COC(=O)[C@H](Cc1ccccc1)NC(=O)[C@@H](CC(=O)CCCCCCCOCc1cn(CCCC[C@H](NC(=O)N[C@@H](CCC(=O)OC(C)(C)C)C(=O)OC(C)(C)C)C(=O)OC(C)(C)C)nn1)Cc1ccccc1. The number of azide groups is 1. The molecule has 1 heterocycles. The zero-order chi connectivity index (χ0) is 109. The fourth-order valence-electron chi connectivity index (χ4n) is 14.7. The highest BCUT2D eigenvalue weighted by molar-refractivity contribution is 5.92. The maximum absolute atomic E-state index is 13.6. The number of terminal acetylenes is 1. The first-order valence-electron chi connectivity index (χ1n) is 50.7. The highest BCUT2D eigenvalue weighted by Gasteiger charge is 2.37. The van der Waals surface area contributed by atoms with E-state index in [0.29, 0.717) is 103 Å². The number of benzene rings is 4. The number of carbonyl (C=O) groups excluding carboxylic acids is 14. The predicted molar refractivity (Wildman–Crippen MR) is 553 cm³/mol. The van der Waals surface area contributed by atoms with Crippen molar-refractivity contribution in [1.29, 1.82) is 0 Å². The van der Waals surface area contributed by atoms with Gasteiger partial charge in [0, 0.05) is 94.4 Å². The molecule has 0 radical (unpaired) electrons. The van der Waals surface area contributed by atoms with Crippen molar-refractivity contribution in [2.75, 3.05) is 40.6 Å². The Morgan fingerprint density at radius 2 is 0.699 bits per heavy atom. The molecule has 36 heteroatoms. The van der Waals surface area contributed by atoms with Gasteiger partial charge in [0.25, 0.3) is 0 Å². The molecular formula is C110H164N12O24. The summed E-state index contributed by atoms with van der Waals surface area (Å²) in [6.45, 7) is 33.4. The van der Waals surface area contributed by atoms with E-state index in [9.17, 15) is 67.1 Å². The molecule has 0 bridgehead atoms. The van der Waals surface area contributed by atoms with Crippen LogP contribution in [-0.4, -0.2) is 209 Å². The van der Waals surface area contributed by atoms with Crippen LogP contribution in [0.5, 0.6) is 0 Å². The number of nitrogens with one attached hydrogen (secondary N) is 6. The molecular weight excluding hydrogens is 1870 g/mol. The number of aryl methyl sites for hydroxylation is 1. The number of esters is 8. The summed E-state index contributed by atoms with van der Waals surface area (Å²) >= 11 is 0. The lowest BCUT2D eigenvalue weighted by atomic mass is 9.91. The van der Waals surface area contributed by atoms with Crippen LogP contribution in [0.15, 0.2) is 133 Å². The highest BCUT2D eigenvalue weighted by Crippen LogP contribution is 2.25. The van der Waals surface area contributed by atoms with E-state index in [0.717, 1.165) is 80.0 Å². The second-order valence-corrected chi connectivity index (χ2v) is 41.9. The number of hydrogen-bond acceptors (Lipinski definition) is 27. The third-order valence-electron chi connectivity index (χ3n) is 21.3. The van der Waals surface area contributed by atoms with E-state index in [4.69, 9.17) is 59.3 Å². The Kier molecular flexibility index (Phi) is 59.4. The van der Waals surface area contributed by atoms with E-state index < -0.39 is 142 Å². The van der Waals surface area contributed by atoms with E-state index in [1.165, 1.54) is 14.2 Å². The first kappa shape index (κ1) is 128. The quantitative estimate of drug-likeness (QED) is 0.00400. The Labute approximate surface area is 863 Å². The molecule has 0 saturated carbocycles. The van der Waals surface area contributed by atoms with Gasteiger partial charge in [-0.05, 0) is 236 Å². The molecule has 0 spiro atoms. The van der Waals surface area contributed by atoms with Crippen LogP contribution in [0.4, 0.5) is 9.59 Å². The minimum Gasteiger partial charge on any atom is -0.467 e. The van der Waals surface area contributed by atoms with Gasteiger partial charge < -0.3 is 79.3 Å². The summed E-state index contributed by atoms with van der Waals surface area (Å²) in [5.41, 5.74) is 8.10. The molecule has 5 aromatic rings. The molecule has 0 aliphatic heterocycles. The topological polar surface area (TPSA) is 483 Å². The summed E-state index contributed by atoms with van der Waals surface area (Å²) in [5, 5.41) is 27.9. The van der Waals surface area contributed by atoms with Gasteiger partial charge in [0.15, 0.2) is 0 Å². The van der Waals surface area contributed by atoms with Crippen LogP contribution in [0, 0.1) is 24.2 Å². The van der Waals surface area contributed by atoms with Gasteiger partial charge in [-0.2, -0.15) is 0 Å². The largest absolute Gasteiger partial charge is 0.467 e. The molecule has 6 amide bonds. The fraction of sp³-hybridized carbons (Fsp3) is 0.618. The number of unbranched alkanes of at least 4 members (excludes halogenated alkanes) is 10. The Morgan fingerprint density at radius 3 is 1.03 bits per heavy atom. The van der Waals surface area contributed by atoms with Crippen molar-refractivity contribution in [2.24, 2.45) is 17.0 Å². The van der Waals surface area contributed by atoms with Crippen molar-refractivity contribution in [3.63, 3.8) is 0 Å². The molecule has 0 fully saturated rings. The summed E-state index contributed by atoms with van der Waals surface area (Å²) in [4.78, 5) is 183. The minimum atomic E-state index is -1.19. The number of urea groups is 2. The molecule has 36 nitrogen and oxygen atoms in total. The third kappa shape index (κ3) is 62.3. The predicted octanol–water partition coefficient (Wildman–Crippen LogP) is 16.9. The normalized spacial score (nSPS) is 13.1. The van der Waals surface area contributed by atoms with E-state index in [1.54, 1.807) is 136 Å². The van der Waals surface area contributed by atoms with Crippen molar-refractivity contribution in [3.05, 3.63) is 166 Å². The lowest BCUT2D eigenvalue weighted by Gasteiger charge is -2.27. The molecule has 0 saturated heterocycles. The van der Waals surface area contributed by atoms with Crippen molar-refractivity contribution in [3.8, 4) is 12.3 Å². The number of methoxy groups -OCH3 is 2. The molecule has 6 N–H and O–H groups in total. The second kappa shape index (κ2) is 68.0. The Hall–Kier alpha value is -12.6. The molecule has 8 atom stereocenters. The third-order valence-corrected chi connectivity index (χ3v) is 21.3. The van der Waals surface area contributed by atoms with Crippen LogP contribution in [0.2, 0.25) is 0 Å². The second-order valence-electron chi connectivity index (χ2n) is 41.9. The van der Waals surface area contributed by atoms with E-state index in [1.807, 2.05) is 121 Å². The average Bonchev–Trinajstić information content (AvgIpc) is 0.953. The number of rotatable bonds is 61.